The Kier molecular flexibility index (Phi) is 7.17. The molecule has 0 aromatic carbocycles. The molecule has 0 heterocycles. The molecule has 1 heteroatoms. The summed E-state index contributed by atoms with van der Waals surface area (Å²) in [6.45, 7) is 8.23. The number of aliphatic hydroxyl groups is 1. The van der Waals surface area contributed by atoms with Crippen molar-refractivity contribution in [1.29, 1.82) is 0 Å². The molecule has 0 bridgehead atoms. The van der Waals surface area contributed by atoms with Crippen molar-refractivity contribution >= 4 is 0 Å². The smallest absolute Gasteiger partial charge is 0.0577 e. The van der Waals surface area contributed by atoms with Gasteiger partial charge < -0.3 is 5.11 Å². The van der Waals surface area contributed by atoms with E-state index in [-0.39, 0.29) is 6.10 Å². The van der Waals surface area contributed by atoms with Crippen molar-refractivity contribution in [2.45, 2.75) is 58.5 Å². The second-order valence-electron chi connectivity index (χ2n) is 3.50. The molecule has 0 amide bonds. The quantitative estimate of drug-likeness (QED) is 0.581. The van der Waals surface area contributed by atoms with Crippen LogP contribution < -0.4 is 0 Å². The molecule has 0 rings (SSSR count). The summed E-state index contributed by atoms with van der Waals surface area (Å²) in [5, 5.41) is 9.46. The van der Waals surface area contributed by atoms with E-state index in [2.05, 4.69) is 20.4 Å². The molecule has 0 saturated carbocycles. The second kappa shape index (κ2) is 7.35. The number of rotatable bonds is 7. The molecular formula is C11H22O. The highest BCUT2D eigenvalue weighted by Crippen LogP contribution is 2.13. The normalized spacial score (nSPS) is 12.9. The lowest BCUT2D eigenvalue weighted by atomic mass is 10.0. The molecule has 0 aliphatic carbocycles. The minimum absolute atomic E-state index is 0.153. The molecule has 72 valence electrons. The van der Waals surface area contributed by atoms with E-state index in [1.54, 1.807) is 0 Å². The molecule has 0 spiro atoms. The van der Waals surface area contributed by atoms with Gasteiger partial charge in [0.2, 0.25) is 0 Å². The van der Waals surface area contributed by atoms with Crippen LogP contribution in [0.4, 0.5) is 0 Å². The second-order valence-corrected chi connectivity index (χ2v) is 3.50. The van der Waals surface area contributed by atoms with Crippen LogP contribution >= 0.6 is 0 Å². The standard InChI is InChI=1S/C11H22O/c1-4-6-8-10(3)9-11(12)7-5-2/h11-12H,3-9H2,1-2H3. The highest BCUT2D eigenvalue weighted by atomic mass is 16.3. The van der Waals surface area contributed by atoms with E-state index >= 15 is 0 Å². The Morgan fingerprint density at radius 1 is 1.33 bits per heavy atom. The first-order valence-corrected chi connectivity index (χ1v) is 5.05. The van der Waals surface area contributed by atoms with E-state index in [1.165, 1.54) is 18.4 Å². The zero-order valence-electron chi connectivity index (χ0n) is 8.47. The summed E-state index contributed by atoms with van der Waals surface area (Å²) in [4.78, 5) is 0. The maximum absolute atomic E-state index is 9.46. The van der Waals surface area contributed by atoms with Gasteiger partial charge >= 0.3 is 0 Å². The van der Waals surface area contributed by atoms with Gasteiger partial charge in [0.25, 0.3) is 0 Å². The topological polar surface area (TPSA) is 20.2 Å². The maximum Gasteiger partial charge on any atom is 0.0577 e. The SMILES string of the molecule is C=C(CCCC)CC(O)CCC. The summed E-state index contributed by atoms with van der Waals surface area (Å²) in [6.07, 6.45) is 6.11. The fourth-order valence-corrected chi connectivity index (χ4v) is 1.30. The number of aliphatic hydroxyl groups excluding tert-OH is 1. The zero-order chi connectivity index (χ0) is 9.40. The Bertz CT molecular complexity index is 118. The Morgan fingerprint density at radius 2 is 2.00 bits per heavy atom. The van der Waals surface area contributed by atoms with Crippen molar-refractivity contribution in [3.8, 4) is 0 Å². The maximum atomic E-state index is 9.46. The summed E-state index contributed by atoms with van der Waals surface area (Å²) in [6, 6.07) is 0. The Labute approximate surface area is 76.5 Å². The molecule has 0 aliphatic heterocycles. The van der Waals surface area contributed by atoms with Gasteiger partial charge in [0.05, 0.1) is 6.10 Å². The average Bonchev–Trinajstić information content (AvgIpc) is 2.01. The zero-order valence-corrected chi connectivity index (χ0v) is 8.47. The van der Waals surface area contributed by atoms with Gasteiger partial charge in [-0.2, -0.15) is 0 Å². The Morgan fingerprint density at radius 3 is 2.50 bits per heavy atom. The first-order chi connectivity index (χ1) is 5.70. The summed E-state index contributed by atoms with van der Waals surface area (Å²) >= 11 is 0. The van der Waals surface area contributed by atoms with Crippen LogP contribution in [0.2, 0.25) is 0 Å². The third-order valence-electron chi connectivity index (χ3n) is 2.03. The summed E-state index contributed by atoms with van der Waals surface area (Å²) in [5.41, 5.74) is 1.21. The minimum Gasteiger partial charge on any atom is -0.393 e. The number of unbranched alkanes of at least 4 members (excludes halogenated alkanes) is 1. The molecule has 0 aromatic heterocycles. The fraction of sp³-hybridized carbons (Fsp3) is 0.818. The lowest BCUT2D eigenvalue weighted by Gasteiger charge is -2.10. The van der Waals surface area contributed by atoms with Gasteiger partial charge in [-0.3, -0.25) is 0 Å². The van der Waals surface area contributed by atoms with E-state index < -0.39 is 0 Å². The summed E-state index contributed by atoms with van der Waals surface area (Å²) in [5.74, 6) is 0. The van der Waals surface area contributed by atoms with Crippen LogP contribution in [0.25, 0.3) is 0 Å². The van der Waals surface area contributed by atoms with Crippen molar-refractivity contribution in [3.05, 3.63) is 12.2 Å². The molecule has 0 aromatic rings. The van der Waals surface area contributed by atoms with Gasteiger partial charge in [-0.05, 0) is 25.7 Å². The monoisotopic (exact) mass is 170 g/mol. The highest BCUT2D eigenvalue weighted by molar-refractivity contribution is 4.95. The van der Waals surface area contributed by atoms with E-state index in [4.69, 9.17) is 0 Å². The van der Waals surface area contributed by atoms with Crippen molar-refractivity contribution in [2.75, 3.05) is 0 Å². The van der Waals surface area contributed by atoms with Crippen molar-refractivity contribution in [1.82, 2.24) is 0 Å². The van der Waals surface area contributed by atoms with Crippen LogP contribution in [0.15, 0.2) is 12.2 Å². The molecule has 0 radical (unpaired) electrons. The van der Waals surface area contributed by atoms with Gasteiger partial charge in [-0.15, -0.1) is 0 Å². The van der Waals surface area contributed by atoms with Gasteiger partial charge in [0.1, 0.15) is 0 Å². The number of hydrogen-bond acceptors (Lipinski definition) is 1. The molecule has 0 aliphatic rings. The first-order valence-electron chi connectivity index (χ1n) is 5.05. The predicted molar refractivity (Wildman–Crippen MR) is 54.2 cm³/mol. The van der Waals surface area contributed by atoms with Crippen molar-refractivity contribution < 1.29 is 5.11 Å². The molecule has 0 saturated heterocycles. The Hall–Kier alpha value is -0.300. The molecular weight excluding hydrogens is 148 g/mol. The third kappa shape index (κ3) is 6.41. The van der Waals surface area contributed by atoms with E-state index in [9.17, 15) is 5.11 Å². The third-order valence-corrected chi connectivity index (χ3v) is 2.03. The fourth-order valence-electron chi connectivity index (χ4n) is 1.30. The Balaban J connectivity index is 3.40. The number of hydrogen-bond donors (Lipinski definition) is 1. The van der Waals surface area contributed by atoms with Gasteiger partial charge in [-0.25, -0.2) is 0 Å². The lowest BCUT2D eigenvalue weighted by molar-refractivity contribution is 0.163. The molecule has 1 atom stereocenters. The van der Waals surface area contributed by atoms with Crippen LogP contribution in [-0.2, 0) is 0 Å². The van der Waals surface area contributed by atoms with Crippen LogP contribution in [0.1, 0.15) is 52.4 Å². The molecule has 12 heavy (non-hydrogen) atoms. The van der Waals surface area contributed by atoms with Crippen LogP contribution in [0.3, 0.4) is 0 Å². The predicted octanol–water partition coefficient (Wildman–Crippen LogP) is 3.28. The van der Waals surface area contributed by atoms with Gasteiger partial charge in [-0.1, -0.05) is 38.8 Å². The van der Waals surface area contributed by atoms with Crippen LogP contribution in [0.5, 0.6) is 0 Å². The van der Waals surface area contributed by atoms with E-state index in [0.29, 0.717) is 0 Å². The molecule has 1 N–H and O–H groups in total. The lowest BCUT2D eigenvalue weighted by Crippen LogP contribution is -2.06. The van der Waals surface area contributed by atoms with Gasteiger partial charge in [0, 0.05) is 0 Å². The molecule has 0 fully saturated rings. The van der Waals surface area contributed by atoms with Crippen LogP contribution in [0, 0.1) is 0 Å². The van der Waals surface area contributed by atoms with Crippen molar-refractivity contribution in [3.63, 3.8) is 0 Å². The minimum atomic E-state index is -0.153. The largest absolute Gasteiger partial charge is 0.393 e. The van der Waals surface area contributed by atoms with Gasteiger partial charge in [0.15, 0.2) is 0 Å². The van der Waals surface area contributed by atoms with E-state index in [0.717, 1.165) is 25.7 Å². The highest BCUT2D eigenvalue weighted by Gasteiger charge is 2.04. The molecule has 1 unspecified atom stereocenters. The first kappa shape index (κ1) is 11.7. The average molecular weight is 170 g/mol. The summed E-state index contributed by atoms with van der Waals surface area (Å²) in [7, 11) is 0. The van der Waals surface area contributed by atoms with E-state index in [1.807, 2.05) is 0 Å². The van der Waals surface area contributed by atoms with Crippen molar-refractivity contribution in [2.24, 2.45) is 0 Å². The molecule has 1 nitrogen and oxygen atoms in total. The summed E-state index contributed by atoms with van der Waals surface area (Å²) < 4.78 is 0. The van der Waals surface area contributed by atoms with Crippen LogP contribution in [-0.4, -0.2) is 11.2 Å².